The van der Waals surface area contributed by atoms with Crippen LogP contribution in [-0.4, -0.2) is 30.1 Å². The van der Waals surface area contributed by atoms with E-state index >= 15 is 0 Å². The van der Waals surface area contributed by atoms with Gasteiger partial charge >= 0.3 is 5.97 Å². The maximum atomic E-state index is 12.5. The topological polar surface area (TPSA) is 105 Å². The van der Waals surface area contributed by atoms with E-state index in [1.807, 2.05) is 29.6 Å². The summed E-state index contributed by atoms with van der Waals surface area (Å²) in [7, 11) is 1.63. The smallest absolute Gasteiger partial charge is 0.312 e. The number of aryl methyl sites for hydroxylation is 2. The molecule has 10 heteroatoms. The van der Waals surface area contributed by atoms with Crippen molar-refractivity contribution >= 4 is 34.0 Å². The number of carbonyl (C=O) groups excluding carboxylic acids is 1. The first kappa shape index (κ1) is 19.2. The van der Waals surface area contributed by atoms with Crippen LogP contribution in [0.15, 0.2) is 51.0 Å². The fourth-order valence-electron chi connectivity index (χ4n) is 3.42. The lowest BCUT2D eigenvalue weighted by Gasteiger charge is -2.08. The Morgan fingerprint density at radius 3 is 2.84 bits per heavy atom. The number of aromatic nitrogens is 5. The predicted octanol–water partition coefficient (Wildman–Crippen LogP) is 2.89. The molecule has 5 aromatic rings. The van der Waals surface area contributed by atoms with E-state index in [9.17, 15) is 9.59 Å². The average molecular weight is 435 g/mol. The molecule has 5 rings (SSSR count). The number of hydrogen-bond acceptors (Lipinski definition) is 8. The van der Waals surface area contributed by atoms with Crippen LogP contribution in [0.1, 0.15) is 17.3 Å². The maximum absolute atomic E-state index is 12.5. The van der Waals surface area contributed by atoms with Gasteiger partial charge in [0.15, 0.2) is 12.4 Å². The number of para-hydroxylation sites is 1. The highest BCUT2D eigenvalue weighted by molar-refractivity contribution is 7.13. The van der Waals surface area contributed by atoms with E-state index in [0.29, 0.717) is 39.8 Å². The monoisotopic (exact) mass is 435 g/mol. The van der Waals surface area contributed by atoms with Crippen LogP contribution in [0.3, 0.4) is 0 Å². The molecule has 0 N–H and O–H groups in total. The van der Waals surface area contributed by atoms with Crippen molar-refractivity contribution in [2.24, 2.45) is 7.05 Å². The van der Waals surface area contributed by atoms with Gasteiger partial charge in [-0.25, -0.2) is 4.98 Å². The van der Waals surface area contributed by atoms with Crippen LogP contribution in [0.2, 0.25) is 0 Å². The Kier molecular flexibility index (Phi) is 4.63. The fourth-order valence-corrected chi connectivity index (χ4v) is 4.07. The molecule has 0 spiro atoms. The van der Waals surface area contributed by atoms with Gasteiger partial charge in [0.05, 0.1) is 27.9 Å². The van der Waals surface area contributed by atoms with Crippen molar-refractivity contribution < 1.29 is 13.9 Å². The van der Waals surface area contributed by atoms with Crippen molar-refractivity contribution in [2.45, 2.75) is 20.0 Å². The highest BCUT2D eigenvalue weighted by Crippen LogP contribution is 2.26. The molecule has 0 bridgehead atoms. The van der Waals surface area contributed by atoms with Gasteiger partial charge in [0.25, 0.3) is 5.56 Å². The van der Waals surface area contributed by atoms with Crippen LogP contribution >= 0.6 is 11.3 Å². The second-order valence-corrected chi connectivity index (χ2v) is 7.92. The van der Waals surface area contributed by atoms with Crippen molar-refractivity contribution in [1.29, 1.82) is 0 Å². The summed E-state index contributed by atoms with van der Waals surface area (Å²) in [4.78, 5) is 30.3. The summed E-state index contributed by atoms with van der Waals surface area (Å²) >= 11 is 1.51. The molecule has 1 aromatic carbocycles. The molecular weight excluding hydrogens is 418 g/mol. The molecule has 0 radical (unpaired) electrons. The molecule has 0 saturated heterocycles. The Labute approximate surface area is 179 Å². The van der Waals surface area contributed by atoms with Crippen LogP contribution in [0.4, 0.5) is 0 Å². The molecule has 0 unspecified atom stereocenters. The van der Waals surface area contributed by atoms with Crippen molar-refractivity contribution in [2.75, 3.05) is 0 Å². The summed E-state index contributed by atoms with van der Waals surface area (Å²) in [5, 5.41) is 10.7. The molecule has 0 aliphatic heterocycles. The van der Waals surface area contributed by atoms with E-state index in [2.05, 4.69) is 15.2 Å². The zero-order valence-electron chi connectivity index (χ0n) is 16.7. The highest BCUT2D eigenvalue weighted by atomic mass is 32.1. The Balaban J connectivity index is 1.38. The molecule has 4 aromatic heterocycles. The number of rotatable bonds is 5. The number of thiophene rings is 1. The molecular formula is C21H17N5O4S. The van der Waals surface area contributed by atoms with Crippen molar-refractivity contribution in [1.82, 2.24) is 24.1 Å². The molecule has 4 heterocycles. The summed E-state index contributed by atoms with van der Waals surface area (Å²) in [5.41, 5.74) is 1.03. The summed E-state index contributed by atoms with van der Waals surface area (Å²) < 4.78 is 14.3. The summed E-state index contributed by atoms with van der Waals surface area (Å²) in [5.74, 6) is 1.41. The predicted molar refractivity (Wildman–Crippen MR) is 114 cm³/mol. The highest BCUT2D eigenvalue weighted by Gasteiger charge is 2.18. The number of ether oxygens (including phenoxy) is 1. The molecule has 0 saturated carbocycles. The second kappa shape index (κ2) is 7.47. The minimum atomic E-state index is -0.458. The summed E-state index contributed by atoms with van der Waals surface area (Å²) in [6.45, 7) is 1.68. The Morgan fingerprint density at radius 1 is 1.19 bits per heavy atom. The van der Waals surface area contributed by atoms with Crippen molar-refractivity contribution in [3.8, 4) is 10.8 Å². The normalized spacial score (nSPS) is 11.4. The van der Waals surface area contributed by atoms with E-state index < -0.39 is 5.97 Å². The molecule has 156 valence electrons. The molecule has 9 nitrogen and oxygen atoms in total. The van der Waals surface area contributed by atoms with Gasteiger partial charge in [0.2, 0.25) is 11.7 Å². The van der Waals surface area contributed by atoms with Gasteiger partial charge < -0.3 is 9.15 Å². The van der Waals surface area contributed by atoms with E-state index in [-0.39, 0.29) is 18.6 Å². The van der Waals surface area contributed by atoms with E-state index in [1.54, 1.807) is 30.5 Å². The lowest BCUT2D eigenvalue weighted by atomic mass is 10.2. The van der Waals surface area contributed by atoms with Gasteiger partial charge in [0, 0.05) is 7.05 Å². The molecule has 0 aliphatic carbocycles. The van der Waals surface area contributed by atoms with Crippen LogP contribution in [0.5, 0.6) is 0 Å². The standard InChI is InChI=1S/C21H17N5O4S/c1-12-14(22-19(30-12)16-8-5-9-31-16)10-18(27)29-11-17-23-24-21-25(2)20(28)13-6-3-4-7-15(13)26(17)21/h3-9H,10-11H2,1-2H3. The van der Waals surface area contributed by atoms with Gasteiger partial charge in [-0.3, -0.25) is 18.6 Å². The van der Waals surface area contributed by atoms with Crippen molar-refractivity contribution in [3.05, 3.63) is 69.4 Å². The van der Waals surface area contributed by atoms with E-state index in [0.717, 1.165) is 4.88 Å². The zero-order valence-corrected chi connectivity index (χ0v) is 17.5. The molecule has 0 fully saturated rings. The molecule has 0 atom stereocenters. The first-order valence-corrected chi connectivity index (χ1v) is 10.4. The third-order valence-corrected chi connectivity index (χ3v) is 5.85. The number of oxazole rings is 1. The SMILES string of the molecule is Cc1oc(-c2cccs2)nc1CC(=O)OCc1nnc2n(C)c(=O)c3ccccc3n12. The van der Waals surface area contributed by atoms with Gasteiger partial charge in [-0.05, 0) is 30.5 Å². The Bertz CT molecular complexity index is 1480. The van der Waals surface area contributed by atoms with E-state index in [4.69, 9.17) is 9.15 Å². The van der Waals surface area contributed by atoms with Gasteiger partial charge in [0.1, 0.15) is 5.76 Å². The lowest BCUT2D eigenvalue weighted by molar-refractivity contribution is -0.144. The van der Waals surface area contributed by atoms with Crippen LogP contribution in [-0.2, 0) is 29.6 Å². The number of carbonyl (C=O) groups is 1. The van der Waals surface area contributed by atoms with Crippen LogP contribution in [0, 0.1) is 6.92 Å². The molecule has 0 aliphatic rings. The van der Waals surface area contributed by atoms with Gasteiger partial charge in [-0.1, -0.05) is 18.2 Å². The first-order valence-electron chi connectivity index (χ1n) is 9.50. The summed E-state index contributed by atoms with van der Waals surface area (Å²) in [6, 6.07) is 11.0. The van der Waals surface area contributed by atoms with Gasteiger partial charge in [-0.2, -0.15) is 0 Å². The fraction of sp³-hybridized carbons (Fsp3) is 0.190. The average Bonchev–Trinajstić information content (AvgIpc) is 3.51. The number of hydrogen-bond donors (Lipinski definition) is 0. The van der Waals surface area contributed by atoms with Crippen LogP contribution < -0.4 is 5.56 Å². The Morgan fingerprint density at radius 2 is 2.03 bits per heavy atom. The second-order valence-electron chi connectivity index (χ2n) is 6.97. The lowest BCUT2D eigenvalue weighted by Crippen LogP contribution is -2.20. The number of benzene rings is 1. The van der Waals surface area contributed by atoms with Gasteiger partial charge in [-0.15, -0.1) is 21.5 Å². The molecule has 31 heavy (non-hydrogen) atoms. The zero-order chi connectivity index (χ0) is 21.5. The first-order chi connectivity index (χ1) is 15.0. The van der Waals surface area contributed by atoms with Crippen LogP contribution in [0.25, 0.3) is 27.4 Å². The summed E-state index contributed by atoms with van der Waals surface area (Å²) in [6.07, 6.45) is -0.0172. The third kappa shape index (κ3) is 3.30. The number of fused-ring (bicyclic) bond motifs is 3. The van der Waals surface area contributed by atoms with E-state index in [1.165, 1.54) is 15.9 Å². The number of nitrogens with zero attached hydrogens (tertiary/aromatic N) is 5. The Hall–Kier alpha value is -3.79. The van der Waals surface area contributed by atoms with Crippen molar-refractivity contribution in [3.63, 3.8) is 0 Å². The number of esters is 1. The third-order valence-electron chi connectivity index (χ3n) is 4.99. The largest absolute Gasteiger partial charge is 0.457 e. The molecule has 0 amide bonds. The minimum Gasteiger partial charge on any atom is -0.457 e. The maximum Gasteiger partial charge on any atom is 0.312 e. The minimum absolute atomic E-state index is 0.0172. The quantitative estimate of drug-likeness (QED) is 0.391.